The Bertz CT molecular complexity index is 286. The molecule has 0 aromatic rings. The molecule has 0 saturated heterocycles. The van der Waals surface area contributed by atoms with Crippen molar-refractivity contribution in [2.75, 3.05) is 17.8 Å². The summed E-state index contributed by atoms with van der Waals surface area (Å²) in [7, 11) is -3.08. The van der Waals surface area contributed by atoms with Crippen molar-refractivity contribution in [3.05, 3.63) is 10.6 Å². The van der Waals surface area contributed by atoms with Gasteiger partial charge < -0.3 is 0 Å². The number of hydrogen-bond acceptors (Lipinski definition) is 2. The fourth-order valence-corrected chi connectivity index (χ4v) is 3.41. The largest absolute Gasteiger partial charge is 0.224 e. The molecule has 1 rings (SSSR count). The van der Waals surface area contributed by atoms with E-state index in [2.05, 4.69) is 31.9 Å². The van der Waals surface area contributed by atoms with Crippen molar-refractivity contribution in [2.24, 2.45) is 0 Å². The van der Waals surface area contributed by atoms with Crippen molar-refractivity contribution in [2.45, 2.75) is 6.42 Å². The van der Waals surface area contributed by atoms with Crippen LogP contribution in [-0.4, -0.2) is 30.5 Å². The molecule has 0 atom stereocenters. The lowest BCUT2D eigenvalue weighted by Gasteiger charge is -2.23. The van der Waals surface area contributed by atoms with E-state index in [9.17, 15) is 8.42 Å². The minimum absolute atomic E-state index is 0.000278. The van der Waals surface area contributed by atoms with Crippen LogP contribution in [0.3, 0.4) is 0 Å². The van der Waals surface area contributed by atoms with Gasteiger partial charge in [0.2, 0.25) is 10.0 Å². The first-order valence-electron chi connectivity index (χ1n) is 3.44. The second-order valence-electron chi connectivity index (χ2n) is 2.49. The zero-order valence-electron chi connectivity index (χ0n) is 6.33. The first-order valence-corrected chi connectivity index (χ1v) is 6.97. The van der Waals surface area contributed by atoms with Crippen LogP contribution in [0.1, 0.15) is 6.42 Å². The van der Waals surface area contributed by atoms with E-state index in [1.54, 1.807) is 0 Å². The lowest BCUT2D eigenvalue weighted by molar-refractivity contribution is 0.439. The van der Waals surface area contributed by atoms with Crippen LogP contribution in [-0.2, 0) is 10.0 Å². The van der Waals surface area contributed by atoms with Gasteiger partial charge in [-0.05, 0) is 6.42 Å². The van der Waals surface area contributed by atoms with E-state index >= 15 is 0 Å². The Kier molecular flexibility index (Phi) is 3.75. The highest BCUT2D eigenvalue weighted by atomic mass is 79.9. The summed E-state index contributed by atoms with van der Waals surface area (Å²) in [6, 6.07) is 0. The molecule has 1 heterocycles. The molecule has 1 aliphatic heterocycles. The zero-order chi connectivity index (χ0) is 9.19. The van der Waals surface area contributed by atoms with Crippen molar-refractivity contribution < 1.29 is 8.42 Å². The first-order chi connectivity index (χ1) is 5.56. The van der Waals surface area contributed by atoms with E-state index in [4.69, 9.17) is 0 Å². The molecule has 0 aromatic heterocycles. The average molecular weight is 319 g/mol. The second-order valence-corrected chi connectivity index (χ2v) is 6.78. The summed E-state index contributed by atoms with van der Waals surface area (Å²) in [6.07, 6.45) is 2.78. The van der Waals surface area contributed by atoms with Crippen LogP contribution in [0.2, 0.25) is 0 Å². The topological polar surface area (TPSA) is 37.4 Å². The lowest BCUT2D eigenvalue weighted by atomic mass is 10.3. The SMILES string of the molecule is O=S(=O)(CBr)N1CCC=C(Br)C1. The molecular weight excluding hydrogens is 310 g/mol. The number of alkyl halides is 1. The molecule has 0 fully saturated rings. The molecule has 0 unspecified atom stereocenters. The Morgan fingerprint density at radius 1 is 1.58 bits per heavy atom. The van der Waals surface area contributed by atoms with Crippen molar-refractivity contribution in [3.63, 3.8) is 0 Å². The normalized spacial score (nSPS) is 20.7. The van der Waals surface area contributed by atoms with E-state index in [1.165, 1.54) is 4.31 Å². The van der Waals surface area contributed by atoms with Gasteiger partial charge in [0.1, 0.15) is 4.66 Å². The smallest absolute Gasteiger partial charge is 0.211 e. The monoisotopic (exact) mass is 317 g/mol. The fraction of sp³-hybridized carbons (Fsp3) is 0.667. The standard InChI is InChI=1S/C6H9Br2NO2S/c7-5-12(10,11)9-3-1-2-6(8)4-9/h2H,1,3-5H2. The van der Waals surface area contributed by atoms with Gasteiger partial charge in [-0.15, -0.1) is 0 Å². The summed E-state index contributed by atoms with van der Waals surface area (Å²) in [5.41, 5.74) is 0. The van der Waals surface area contributed by atoms with Crippen LogP contribution in [0.15, 0.2) is 10.6 Å². The summed E-state index contributed by atoms with van der Waals surface area (Å²) in [5, 5.41) is 0. The van der Waals surface area contributed by atoms with Gasteiger partial charge in [-0.3, -0.25) is 0 Å². The Balaban J connectivity index is 2.74. The maximum absolute atomic E-state index is 11.3. The van der Waals surface area contributed by atoms with Crippen LogP contribution in [0.4, 0.5) is 0 Å². The quantitative estimate of drug-likeness (QED) is 0.726. The molecule has 0 spiro atoms. The molecular formula is C6H9Br2NO2S. The highest BCUT2D eigenvalue weighted by Crippen LogP contribution is 2.18. The molecule has 3 nitrogen and oxygen atoms in total. The molecule has 12 heavy (non-hydrogen) atoms. The number of halogens is 2. The van der Waals surface area contributed by atoms with Crippen LogP contribution in [0.25, 0.3) is 0 Å². The molecule has 70 valence electrons. The van der Waals surface area contributed by atoms with E-state index in [1.807, 2.05) is 6.08 Å². The summed E-state index contributed by atoms with van der Waals surface area (Å²) in [5.74, 6) is 0. The summed E-state index contributed by atoms with van der Waals surface area (Å²) in [4.78, 5) is 0. The number of sulfonamides is 1. The van der Waals surface area contributed by atoms with Crippen LogP contribution >= 0.6 is 31.9 Å². The maximum atomic E-state index is 11.3. The molecule has 0 aliphatic carbocycles. The summed E-state index contributed by atoms with van der Waals surface area (Å²) in [6.45, 7) is 1.05. The maximum Gasteiger partial charge on any atom is 0.224 e. The zero-order valence-corrected chi connectivity index (χ0v) is 10.3. The average Bonchev–Trinajstić information content (AvgIpc) is 2.05. The minimum Gasteiger partial charge on any atom is -0.211 e. The molecule has 0 bridgehead atoms. The van der Waals surface area contributed by atoms with Gasteiger partial charge >= 0.3 is 0 Å². The third-order valence-electron chi connectivity index (χ3n) is 1.60. The number of nitrogens with zero attached hydrogens (tertiary/aromatic N) is 1. The molecule has 0 radical (unpaired) electrons. The molecule has 0 amide bonds. The Morgan fingerprint density at radius 2 is 2.25 bits per heavy atom. The molecule has 0 saturated carbocycles. The van der Waals surface area contributed by atoms with Crippen LogP contribution < -0.4 is 0 Å². The minimum atomic E-state index is -3.08. The van der Waals surface area contributed by atoms with Crippen LogP contribution in [0.5, 0.6) is 0 Å². The Labute approximate surface area is 89.1 Å². The highest BCUT2D eigenvalue weighted by Gasteiger charge is 2.22. The highest BCUT2D eigenvalue weighted by molar-refractivity contribution is 9.11. The summed E-state index contributed by atoms with van der Waals surface area (Å²) < 4.78 is 25.1. The van der Waals surface area contributed by atoms with E-state index in [-0.39, 0.29) is 4.66 Å². The third-order valence-corrected chi connectivity index (χ3v) is 5.29. The number of hydrogen-bond donors (Lipinski definition) is 0. The van der Waals surface area contributed by atoms with Crippen molar-refractivity contribution in [1.29, 1.82) is 0 Å². The van der Waals surface area contributed by atoms with Crippen molar-refractivity contribution in [1.82, 2.24) is 4.31 Å². The van der Waals surface area contributed by atoms with E-state index in [0.29, 0.717) is 13.1 Å². The van der Waals surface area contributed by atoms with Gasteiger partial charge in [0.15, 0.2) is 0 Å². The predicted molar refractivity (Wildman–Crippen MR) is 55.9 cm³/mol. The van der Waals surface area contributed by atoms with Gasteiger partial charge in [0.25, 0.3) is 0 Å². The van der Waals surface area contributed by atoms with E-state index in [0.717, 1.165) is 10.9 Å². The van der Waals surface area contributed by atoms with Gasteiger partial charge in [-0.25, -0.2) is 8.42 Å². The fourth-order valence-electron chi connectivity index (χ4n) is 0.984. The summed E-state index contributed by atoms with van der Waals surface area (Å²) >= 11 is 6.25. The van der Waals surface area contributed by atoms with Crippen molar-refractivity contribution >= 4 is 41.9 Å². The molecule has 6 heteroatoms. The lowest BCUT2D eigenvalue weighted by Crippen LogP contribution is -2.35. The van der Waals surface area contributed by atoms with Gasteiger partial charge in [0.05, 0.1) is 0 Å². The van der Waals surface area contributed by atoms with Gasteiger partial charge in [-0.1, -0.05) is 37.9 Å². The van der Waals surface area contributed by atoms with Crippen molar-refractivity contribution in [3.8, 4) is 0 Å². The molecule has 0 aromatic carbocycles. The second kappa shape index (κ2) is 4.21. The van der Waals surface area contributed by atoms with Gasteiger partial charge in [0, 0.05) is 17.6 Å². The molecule has 0 N–H and O–H groups in total. The number of rotatable bonds is 2. The third kappa shape index (κ3) is 2.55. The Morgan fingerprint density at radius 3 is 2.75 bits per heavy atom. The first kappa shape index (κ1) is 10.7. The predicted octanol–water partition coefficient (Wildman–Crippen LogP) is 1.65. The van der Waals surface area contributed by atoms with E-state index < -0.39 is 10.0 Å². The van der Waals surface area contributed by atoms with Crippen LogP contribution in [0, 0.1) is 0 Å². The molecule has 1 aliphatic rings. The Hall–Kier alpha value is 0.610. The van der Waals surface area contributed by atoms with Gasteiger partial charge in [-0.2, -0.15) is 4.31 Å².